The van der Waals surface area contributed by atoms with Crippen LogP contribution < -0.4 is 15.5 Å². The monoisotopic (exact) mass is 358 g/mol. The van der Waals surface area contributed by atoms with Gasteiger partial charge in [-0.1, -0.05) is 19.1 Å². The lowest BCUT2D eigenvalue weighted by molar-refractivity contribution is -0.134. The molecule has 2 N–H and O–H groups in total. The molecule has 2 aliphatic heterocycles. The maximum Gasteiger partial charge on any atom is 0.325 e. The number of fused-ring (bicyclic) bond motifs is 1. The second-order valence-corrected chi connectivity index (χ2v) is 7.27. The fraction of sp³-hybridized carbons (Fsp3) is 0.444. The highest BCUT2D eigenvalue weighted by Crippen LogP contribution is 2.37. The summed E-state index contributed by atoms with van der Waals surface area (Å²) in [5.41, 5.74) is -1.11. The van der Waals surface area contributed by atoms with Crippen molar-refractivity contribution in [3.8, 4) is 0 Å². The van der Waals surface area contributed by atoms with Crippen molar-refractivity contribution in [2.45, 2.75) is 45.2 Å². The molecule has 2 heterocycles. The standard InChI is InChI=1S/C18H22N4O4/c1-5-18(4)15(25)21(16(26)20-18)10-13(23)22-12-9-7-6-8-11(12)19-14(24)17(22,2)3/h6-9H,5,10H2,1-4H3,(H,19,24)(H,20,26)/t18-/m0/s1. The Kier molecular flexibility index (Phi) is 4.01. The summed E-state index contributed by atoms with van der Waals surface area (Å²) < 4.78 is 0. The maximum absolute atomic E-state index is 13.0. The summed E-state index contributed by atoms with van der Waals surface area (Å²) in [6.07, 6.45) is 0.419. The van der Waals surface area contributed by atoms with Gasteiger partial charge >= 0.3 is 6.03 Å². The third-order valence-electron chi connectivity index (χ3n) is 5.10. The van der Waals surface area contributed by atoms with Crippen LogP contribution in [0.5, 0.6) is 0 Å². The summed E-state index contributed by atoms with van der Waals surface area (Å²) in [5, 5.41) is 5.40. The summed E-state index contributed by atoms with van der Waals surface area (Å²) >= 11 is 0. The summed E-state index contributed by atoms with van der Waals surface area (Å²) in [7, 11) is 0. The first-order chi connectivity index (χ1) is 12.1. The van der Waals surface area contributed by atoms with Crippen molar-refractivity contribution in [2.24, 2.45) is 0 Å². The van der Waals surface area contributed by atoms with Crippen LogP contribution in [-0.4, -0.2) is 46.3 Å². The molecule has 26 heavy (non-hydrogen) atoms. The molecule has 0 saturated carbocycles. The average Bonchev–Trinajstić information content (AvgIpc) is 2.79. The Morgan fingerprint density at radius 3 is 2.38 bits per heavy atom. The van der Waals surface area contributed by atoms with Crippen LogP contribution in [0.15, 0.2) is 24.3 Å². The smallest absolute Gasteiger partial charge is 0.323 e. The van der Waals surface area contributed by atoms with Crippen LogP contribution >= 0.6 is 0 Å². The van der Waals surface area contributed by atoms with E-state index in [4.69, 9.17) is 0 Å². The van der Waals surface area contributed by atoms with Gasteiger partial charge in [0.2, 0.25) is 11.8 Å². The van der Waals surface area contributed by atoms with E-state index < -0.39 is 35.5 Å². The number of urea groups is 1. The van der Waals surface area contributed by atoms with Gasteiger partial charge in [0.1, 0.15) is 17.6 Å². The molecular formula is C18H22N4O4. The van der Waals surface area contributed by atoms with Crippen molar-refractivity contribution in [3.63, 3.8) is 0 Å². The van der Waals surface area contributed by atoms with E-state index in [-0.39, 0.29) is 5.91 Å². The van der Waals surface area contributed by atoms with Gasteiger partial charge in [-0.3, -0.25) is 24.2 Å². The number of rotatable bonds is 3. The van der Waals surface area contributed by atoms with Crippen LogP contribution in [0, 0.1) is 0 Å². The van der Waals surface area contributed by atoms with Crippen LogP contribution in [0.4, 0.5) is 16.2 Å². The molecule has 5 amide bonds. The van der Waals surface area contributed by atoms with Gasteiger partial charge in [0.25, 0.3) is 5.91 Å². The lowest BCUT2D eigenvalue weighted by Crippen LogP contribution is -2.60. The van der Waals surface area contributed by atoms with Crippen LogP contribution in [0.1, 0.15) is 34.1 Å². The zero-order valence-corrected chi connectivity index (χ0v) is 15.3. The lowest BCUT2D eigenvalue weighted by atomic mass is 9.96. The van der Waals surface area contributed by atoms with Crippen molar-refractivity contribution < 1.29 is 19.2 Å². The number of hydrogen-bond donors (Lipinski definition) is 2. The SMILES string of the molecule is CC[C@]1(C)NC(=O)N(CC(=O)N2c3ccccc3NC(=O)C2(C)C)C1=O. The molecule has 0 radical (unpaired) electrons. The number of anilines is 2. The van der Waals surface area contributed by atoms with Crippen molar-refractivity contribution in [1.29, 1.82) is 0 Å². The third kappa shape index (κ3) is 2.53. The lowest BCUT2D eigenvalue weighted by Gasteiger charge is -2.42. The van der Waals surface area contributed by atoms with Gasteiger partial charge in [-0.15, -0.1) is 0 Å². The molecule has 0 aliphatic carbocycles. The summed E-state index contributed by atoms with van der Waals surface area (Å²) in [6, 6.07) is 6.33. The predicted octanol–water partition coefficient (Wildman–Crippen LogP) is 1.47. The second kappa shape index (κ2) is 5.82. The van der Waals surface area contributed by atoms with E-state index >= 15 is 0 Å². The normalized spacial score (nSPS) is 24.2. The van der Waals surface area contributed by atoms with Crippen molar-refractivity contribution >= 4 is 35.1 Å². The van der Waals surface area contributed by atoms with Gasteiger partial charge in [-0.2, -0.15) is 0 Å². The minimum Gasteiger partial charge on any atom is -0.323 e. The van der Waals surface area contributed by atoms with E-state index in [1.807, 2.05) is 0 Å². The summed E-state index contributed by atoms with van der Waals surface area (Å²) in [5.74, 6) is -1.27. The number of amides is 5. The molecule has 1 saturated heterocycles. The highest BCUT2D eigenvalue weighted by molar-refractivity contribution is 6.16. The van der Waals surface area contributed by atoms with Gasteiger partial charge in [0, 0.05) is 0 Å². The largest absolute Gasteiger partial charge is 0.325 e. The Labute approximate surface area is 151 Å². The molecule has 1 fully saturated rings. The minimum absolute atomic E-state index is 0.333. The molecule has 3 rings (SSSR count). The highest BCUT2D eigenvalue weighted by atomic mass is 16.2. The number of imide groups is 1. The Morgan fingerprint density at radius 1 is 1.12 bits per heavy atom. The maximum atomic E-state index is 13.0. The molecule has 0 aromatic heterocycles. The van der Waals surface area contributed by atoms with E-state index in [1.54, 1.807) is 52.0 Å². The highest BCUT2D eigenvalue weighted by Gasteiger charge is 2.49. The zero-order chi connectivity index (χ0) is 19.3. The van der Waals surface area contributed by atoms with Gasteiger partial charge in [0.15, 0.2) is 0 Å². The molecule has 8 heteroatoms. The fourth-order valence-electron chi connectivity index (χ4n) is 3.23. The second-order valence-electron chi connectivity index (χ2n) is 7.27. The number of benzene rings is 1. The first-order valence-corrected chi connectivity index (χ1v) is 8.49. The van der Waals surface area contributed by atoms with Crippen molar-refractivity contribution in [3.05, 3.63) is 24.3 Å². The summed E-state index contributed by atoms with van der Waals surface area (Å²) in [4.78, 5) is 52.5. The number of para-hydroxylation sites is 2. The summed E-state index contributed by atoms with van der Waals surface area (Å²) in [6.45, 7) is 6.24. The Morgan fingerprint density at radius 2 is 1.77 bits per heavy atom. The van der Waals surface area contributed by atoms with E-state index in [2.05, 4.69) is 10.6 Å². The molecule has 0 bridgehead atoms. The Hall–Kier alpha value is -2.90. The zero-order valence-electron chi connectivity index (χ0n) is 15.3. The van der Waals surface area contributed by atoms with Crippen molar-refractivity contribution in [2.75, 3.05) is 16.8 Å². The van der Waals surface area contributed by atoms with E-state index in [0.29, 0.717) is 17.8 Å². The van der Waals surface area contributed by atoms with Gasteiger partial charge in [-0.25, -0.2) is 4.79 Å². The predicted molar refractivity (Wildman–Crippen MR) is 95.6 cm³/mol. The molecular weight excluding hydrogens is 336 g/mol. The number of carbonyl (C=O) groups excluding carboxylic acids is 4. The van der Waals surface area contributed by atoms with Crippen LogP contribution in [0.25, 0.3) is 0 Å². The molecule has 1 aromatic carbocycles. The molecule has 138 valence electrons. The van der Waals surface area contributed by atoms with Crippen molar-refractivity contribution in [1.82, 2.24) is 10.2 Å². The first-order valence-electron chi connectivity index (χ1n) is 8.49. The van der Waals surface area contributed by atoms with Crippen LogP contribution in [0.2, 0.25) is 0 Å². The molecule has 0 unspecified atom stereocenters. The molecule has 1 aromatic rings. The van der Waals surface area contributed by atoms with E-state index in [9.17, 15) is 19.2 Å². The number of hydrogen-bond acceptors (Lipinski definition) is 4. The quantitative estimate of drug-likeness (QED) is 0.799. The molecule has 1 atom stereocenters. The first kappa shape index (κ1) is 17.9. The van der Waals surface area contributed by atoms with E-state index in [1.165, 1.54) is 4.90 Å². The minimum atomic E-state index is -1.15. The van der Waals surface area contributed by atoms with Gasteiger partial charge < -0.3 is 10.6 Å². The van der Waals surface area contributed by atoms with Crippen LogP contribution in [0.3, 0.4) is 0 Å². The molecule has 2 aliphatic rings. The van der Waals surface area contributed by atoms with Gasteiger partial charge in [-0.05, 0) is 39.3 Å². The Balaban J connectivity index is 1.93. The van der Waals surface area contributed by atoms with Gasteiger partial charge in [0.05, 0.1) is 11.4 Å². The molecule has 0 spiro atoms. The third-order valence-corrected chi connectivity index (χ3v) is 5.10. The Bertz CT molecular complexity index is 819. The number of nitrogens with one attached hydrogen (secondary N) is 2. The molecule has 8 nitrogen and oxygen atoms in total. The average molecular weight is 358 g/mol. The van der Waals surface area contributed by atoms with Crippen LogP contribution in [-0.2, 0) is 14.4 Å². The van der Waals surface area contributed by atoms with E-state index in [0.717, 1.165) is 4.90 Å². The number of nitrogens with zero attached hydrogens (tertiary/aromatic N) is 2. The topological polar surface area (TPSA) is 98.8 Å². The fourth-order valence-corrected chi connectivity index (χ4v) is 3.23. The number of carbonyl (C=O) groups is 4.